The third kappa shape index (κ3) is 2.90. The SMILES string of the molecule is Cc1cc(NC(=O)N2CCCC3(CC2)CC3)cnc1Cl. The lowest BCUT2D eigenvalue weighted by Crippen LogP contribution is -2.35. The highest BCUT2D eigenvalue weighted by atomic mass is 35.5. The van der Waals surface area contributed by atoms with E-state index in [4.69, 9.17) is 11.6 Å². The highest BCUT2D eigenvalue weighted by molar-refractivity contribution is 6.30. The van der Waals surface area contributed by atoms with Crippen molar-refractivity contribution in [2.75, 3.05) is 18.4 Å². The summed E-state index contributed by atoms with van der Waals surface area (Å²) in [6, 6.07) is 1.83. The molecular weight excluding hydrogens is 274 g/mol. The molecule has 2 amide bonds. The number of aryl methyl sites for hydroxylation is 1. The maximum absolute atomic E-state index is 12.3. The molecule has 2 fully saturated rings. The molecule has 0 bridgehead atoms. The zero-order valence-corrected chi connectivity index (χ0v) is 12.5. The quantitative estimate of drug-likeness (QED) is 0.800. The van der Waals surface area contributed by atoms with E-state index >= 15 is 0 Å². The standard InChI is InChI=1S/C15H20ClN3O/c1-11-9-12(10-17-13(11)16)18-14(20)19-7-2-3-15(4-5-15)6-8-19/h9-10H,2-8H2,1H3,(H,18,20). The van der Waals surface area contributed by atoms with Crippen LogP contribution >= 0.6 is 11.6 Å². The number of amides is 2. The van der Waals surface area contributed by atoms with Crippen LogP contribution in [-0.2, 0) is 0 Å². The van der Waals surface area contributed by atoms with Gasteiger partial charge in [-0.05, 0) is 56.1 Å². The normalized spacial score (nSPS) is 20.6. The molecular formula is C15H20ClN3O. The molecule has 0 unspecified atom stereocenters. The van der Waals surface area contributed by atoms with E-state index < -0.39 is 0 Å². The van der Waals surface area contributed by atoms with Gasteiger partial charge in [0.05, 0.1) is 11.9 Å². The van der Waals surface area contributed by atoms with E-state index in [0.29, 0.717) is 16.3 Å². The summed E-state index contributed by atoms with van der Waals surface area (Å²) < 4.78 is 0. The molecule has 1 aromatic rings. The number of likely N-dealkylation sites (tertiary alicyclic amines) is 1. The van der Waals surface area contributed by atoms with Gasteiger partial charge in [-0.3, -0.25) is 0 Å². The van der Waals surface area contributed by atoms with E-state index in [1.165, 1.54) is 19.3 Å². The molecule has 1 spiro atoms. The maximum atomic E-state index is 12.3. The first-order valence-electron chi connectivity index (χ1n) is 7.26. The maximum Gasteiger partial charge on any atom is 0.321 e. The molecule has 0 radical (unpaired) electrons. The third-order valence-corrected chi connectivity index (χ3v) is 4.95. The molecule has 1 aromatic heterocycles. The van der Waals surface area contributed by atoms with Gasteiger partial charge >= 0.3 is 6.03 Å². The number of nitrogens with zero attached hydrogens (tertiary/aromatic N) is 2. The number of anilines is 1. The highest BCUT2D eigenvalue weighted by Crippen LogP contribution is 2.53. The van der Waals surface area contributed by atoms with Crippen molar-refractivity contribution in [1.82, 2.24) is 9.88 Å². The van der Waals surface area contributed by atoms with Gasteiger partial charge < -0.3 is 10.2 Å². The second kappa shape index (κ2) is 5.24. The second-order valence-electron chi connectivity index (χ2n) is 6.10. The molecule has 0 aromatic carbocycles. The molecule has 1 N–H and O–H groups in total. The van der Waals surface area contributed by atoms with Crippen LogP contribution in [0.3, 0.4) is 0 Å². The van der Waals surface area contributed by atoms with Gasteiger partial charge in [-0.15, -0.1) is 0 Å². The first kappa shape index (κ1) is 13.7. The highest BCUT2D eigenvalue weighted by Gasteiger charge is 2.43. The van der Waals surface area contributed by atoms with E-state index in [-0.39, 0.29) is 6.03 Å². The van der Waals surface area contributed by atoms with Crippen LogP contribution in [0.15, 0.2) is 12.3 Å². The first-order valence-corrected chi connectivity index (χ1v) is 7.64. The monoisotopic (exact) mass is 293 g/mol. The number of carbonyl (C=O) groups is 1. The number of carbonyl (C=O) groups excluding carboxylic acids is 1. The van der Waals surface area contributed by atoms with Crippen LogP contribution < -0.4 is 5.32 Å². The fraction of sp³-hybridized carbons (Fsp3) is 0.600. The Balaban J connectivity index is 1.62. The lowest BCUT2D eigenvalue weighted by Gasteiger charge is -2.21. The average Bonchev–Trinajstić information content (AvgIpc) is 3.21. The lowest BCUT2D eigenvalue weighted by atomic mass is 9.98. The Hall–Kier alpha value is -1.29. The number of halogens is 1. The van der Waals surface area contributed by atoms with Crippen LogP contribution in [0.2, 0.25) is 5.15 Å². The van der Waals surface area contributed by atoms with Crippen molar-refractivity contribution in [2.45, 2.75) is 39.0 Å². The molecule has 5 heteroatoms. The van der Waals surface area contributed by atoms with Crippen molar-refractivity contribution in [3.63, 3.8) is 0 Å². The number of urea groups is 1. The van der Waals surface area contributed by atoms with E-state index in [2.05, 4.69) is 10.3 Å². The zero-order valence-electron chi connectivity index (χ0n) is 11.8. The molecule has 1 saturated carbocycles. The van der Waals surface area contributed by atoms with Crippen LogP contribution in [0.5, 0.6) is 0 Å². The molecule has 4 nitrogen and oxygen atoms in total. The predicted octanol–water partition coefficient (Wildman–Crippen LogP) is 3.84. The summed E-state index contributed by atoms with van der Waals surface area (Å²) in [5.74, 6) is 0. The number of hydrogen-bond acceptors (Lipinski definition) is 2. The van der Waals surface area contributed by atoms with Crippen molar-refractivity contribution >= 4 is 23.3 Å². The summed E-state index contributed by atoms with van der Waals surface area (Å²) in [5, 5.41) is 3.40. The van der Waals surface area contributed by atoms with Crippen molar-refractivity contribution < 1.29 is 4.79 Å². The Labute approximate surface area is 124 Å². The van der Waals surface area contributed by atoms with Crippen molar-refractivity contribution in [3.05, 3.63) is 23.0 Å². The number of hydrogen-bond donors (Lipinski definition) is 1. The summed E-state index contributed by atoms with van der Waals surface area (Å²) in [4.78, 5) is 18.3. The minimum atomic E-state index is -0.0220. The molecule has 1 aliphatic heterocycles. The molecule has 108 valence electrons. The molecule has 1 saturated heterocycles. The Morgan fingerprint density at radius 2 is 2.15 bits per heavy atom. The Bertz CT molecular complexity index is 528. The fourth-order valence-corrected chi connectivity index (χ4v) is 3.07. The van der Waals surface area contributed by atoms with Gasteiger partial charge in [0, 0.05) is 13.1 Å². The molecule has 20 heavy (non-hydrogen) atoms. The number of nitrogens with one attached hydrogen (secondary N) is 1. The largest absolute Gasteiger partial charge is 0.325 e. The van der Waals surface area contributed by atoms with E-state index in [1.807, 2.05) is 17.9 Å². The van der Waals surface area contributed by atoms with E-state index in [1.54, 1.807) is 6.20 Å². The predicted molar refractivity (Wildman–Crippen MR) is 80.1 cm³/mol. The molecule has 2 heterocycles. The van der Waals surface area contributed by atoms with Crippen molar-refractivity contribution in [1.29, 1.82) is 0 Å². The van der Waals surface area contributed by atoms with E-state index in [0.717, 1.165) is 31.5 Å². The Kier molecular flexibility index (Phi) is 3.59. The molecule has 0 atom stereocenters. The van der Waals surface area contributed by atoms with E-state index in [9.17, 15) is 4.79 Å². The van der Waals surface area contributed by atoms with Crippen molar-refractivity contribution in [2.24, 2.45) is 5.41 Å². The molecule has 2 aliphatic rings. The average molecular weight is 294 g/mol. The summed E-state index contributed by atoms with van der Waals surface area (Å²) in [6.07, 6.45) is 7.85. The summed E-state index contributed by atoms with van der Waals surface area (Å²) in [7, 11) is 0. The van der Waals surface area contributed by atoms with Gasteiger partial charge in [0.15, 0.2) is 0 Å². The van der Waals surface area contributed by atoms with Crippen LogP contribution in [0.1, 0.15) is 37.7 Å². The Morgan fingerprint density at radius 3 is 2.85 bits per heavy atom. The summed E-state index contributed by atoms with van der Waals surface area (Å²) in [6.45, 7) is 3.60. The van der Waals surface area contributed by atoms with Gasteiger partial charge in [-0.2, -0.15) is 0 Å². The molecule has 1 aliphatic carbocycles. The topological polar surface area (TPSA) is 45.2 Å². The van der Waals surface area contributed by atoms with Gasteiger partial charge in [0.1, 0.15) is 5.15 Å². The number of rotatable bonds is 1. The van der Waals surface area contributed by atoms with Gasteiger partial charge in [0.2, 0.25) is 0 Å². The van der Waals surface area contributed by atoms with Crippen LogP contribution in [0.4, 0.5) is 10.5 Å². The fourth-order valence-electron chi connectivity index (χ4n) is 2.96. The van der Waals surface area contributed by atoms with Crippen molar-refractivity contribution in [3.8, 4) is 0 Å². The third-order valence-electron chi connectivity index (χ3n) is 4.56. The lowest BCUT2D eigenvalue weighted by molar-refractivity contribution is 0.213. The second-order valence-corrected chi connectivity index (χ2v) is 6.46. The van der Waals surface area contributed by atoms with Gasteiger partial charge in [-0.1, -0.05) is 11.6 Å². The van der Waals surface area contributed by atoms with Gasteiger partial charge in [-0.25, -0.2) is 9.78 Å². The minimum absolute atomic E-state index is 0.0220. The molecule has 3 rings (SSSR count). The van der Waals surface area contributed by atoms with Crippen LogP contribution in [-0.4, -0.2) is 29.0 Å². The van der Waals surface area contributed by atoms with Crippen LogP contribution in [0.25, 0.3) is 0 Å². The van der Waals surface area contributed by atoms with Gasteiger partial charge in [0.25, 0.3) is 0 Å². The van der Waals surface area contributed by atoms with Crippen LogP contribution in [0, 0.1) is 12.3 Å². The smallest absolute Gasteiger partial charge is 0.321 e. The summed E-state index contributed by atoms with van der Waals surface area (Å²) in [5.41, 5.74) is 2.16. The zero-order chi connectivity index (χ0) is 14.2. The summed E-state index contributed by atoms with van der Waals surface area (Å²) >= 11 is 5.89. The number of pyridine rings is 1. The minimum Gasteiger partial charge on any atom is -0.325 e. The Morgan fingerprint density at radius 1 is 1.35 bits per heavy atom. The number of aromatic nitrogens is 1. The first-order chi connectivity index (χ1) is 9.58.